The Hall–Kier alpha value is -5.34. The summed E-state index contributed by atoms with van der Waals surface area (Å²) in [4.78, 5) is 4.73. The van der Waals surface area contributed by atoms with E-state index < -0.39 is 0 Å². The zero-order chi connectivity index (χ0) is 38.0. The topological polar surface area (TPSA) is 6.48 Å². The number of rotatable bonds is 14. The molecule has 3 aromatic carbocycles. The molecule has 0 aliphatic heterocycles. The number of nitrogens with zero attached hydrogens (tertiary/aromatic N) is 2. The van der Waals surface area contributed by atoms with Crippen LogP contribution in [0.1, 0.15) is 79.2 Å². The summed E-state index contributed by atoms with van der Waals surface area (Å²) < 4.78 is 0. The number of hydrogen-bond donors (Lipinski definition) is 0. The first kappa shape index (κ1) is 40.4. The van der Waals surface area contributed by atoms with Gasteiger partial charge in [0.15, 0.2) is 0 Å². The summed E-state index contributed by atoms with van der Waals surface area (Å²) in [6.45, 7) is 16.8. The van der Waals surface area contributed by atoms with Crippen molar-refractivity contribution in [3.05, 3.63) is 203 Å². The smallest absolute Gasteiger partial charge is 0.0467 e. The van der Waals surface area contributed by atoms with Gasteiger partial charge >= 0.3 is 0 Å². The normalized spacial score (nSPS) is 16.7. The van der Waals surface area contributed by atoms with Crippen LogP contribution in [0, 0.1) is 5.92 Å². The van der Waals surface area contributed by atoms with E-state index in [9.17, 15) is 0 Å². The Labute approximate surface area is 321 Å². The molecular formula is C51H60N2. The van der Waals surface area contributed by atoms with E-state index in [4.69, 9.17) is 0 Å². The first-order chi connectivity index (χ1) is 25.9. The quantitative estimate of drug-likeness (QED) is 0.154. The highest BCUT2D eigenvalue weighted by atomic mass is 15.2. The molecule has 2 aliphatic carbocycles. The van der Waals surface area contributed by atoms with Gasteiger partial charge in [-0.2, -0.15) is 0 Å². The van der Waals surface area contributed by atoms with Gasteiger partial charge in [-0.25, -0.2) is 0 Å². The van der Waals surface area contributed by atoms with E-state index in [2.05, 4.69) is 203 Å². The van der Waals surface area contributed by atoms with E-state index in [0.717, 1.165) is 37.1 Å². The zero-order valence-corrected chi connectivity index (χ0v) is 33.2. The minimum absolute atomic E-state index is 0.323. The summed E-state index contributed by atoms with van der Waals surface area (Å²) in [7, 11) is 2.19. The Morgan fingerprint density at radius 3 is 2.15 bits per heavy atom. The second kappa shape index (κ2) is 21.2. The molecule has 0 heterocycles. The third-order valence-corrected chi connectivity index (χ3v) is 9.70. The molecule has 274 valence electrons. The van der Waals surface area contributed by atoms with Crippen molar-refractivity contribution in [2.75, 3.05) is 11.9 Å². The van der Waals surface area contributed by atoms with Crippen molar-refractivity contribution in [2.24, 2.45) is 5.92 Å². The lowest BCUT2D eigenvalue weighted by Gasteiger charge is -2.30. The Morgan fingerprint density at radius 1 is 0.830 bits per heavy atom. The SMILES string of the molecule is C=CC1=C(CCC)CCC(N(C)C(/C=C\C)=C/C=C(\C)C2C=CC(N(C(/C=C\C)=C/c3ccccc3)c3cccc(-c4ccccc4)c3)=CC2)=C1.CC. The van der Waals surface area contributed by atoms with Crippen LogP contribution in [0.2, 0.25) is 0 Å². The molecule has 1 atom stereocenters. The van der Waals surface area contributed by atoms with Crippen molar-refractivity contribution < 1.29 is 0 Å². The van der Waals surface area contributed by atoms with Gasteiger partial charge in [-0.1, -0.05) is 154 Å². The Balaban J connectivity index is 0.00000308. The summed E-state index contributed by atoms with van der Waals surface area (Å²) in [5, 5.41) is 0. The Morgan fingerprint density at radius 2 is 1.51 bits per heavy atom. The second-order valence-electron chi connectivity index (χ2n) is 13.3. The predicted octanol–water partition coefficient (Wildman–Crippen LogP) is 14.6. The molecule has 0 N–H and O–H groups in total. The fourth-order valence-corrected chi connectivity index (χ4v) is 6.87. The van der Waals surface area contributed by atoms with Crippen molar-refractivity contribution in [1.29, 1.82) is 0 Å². The largest absolute Gasteiger partial charge is 0.348 e. The molecular weight excluding hydrogens is 641 g/mol. The molecule has 0 aromatic heterocycles. The van der Waals surface area contributed by atoms with Crippen LogP contribution < -0.4 is 4.90 Å². The van der Waals surface area contributed by atoms with Gasteiger partial charge in [0.05, 0.1) is 0 Å². The maximum atomic E-state index is 4.11. The third kappa shape index (κ3) is 11.1. The molecule has 2 heteroatoms. The molecule has 3 aromatic rings. The standard InChI is InChI=1S/C49H54N2.C2H6/c1-7-18-42-30-34-47(36-40(42)10-4)50(6)45(19-8-2)31-27-38(5)41-28-32-46(33-29-41)51(48(20-9-3)35-39-21-13-11-14-22-39)49-26-17-25-44(37-49)43-23-15-12-16-24-43;1-2/h8-17,19-28,31-33,35-37,41H,4,7,18,29-30,34H2,1-3,5-6H3;1-2H3/b19-8-,20-9-,38-27+,45-31+,48-35+;. The predicted molar refractivity (Wildman–Crippen MR) is 234 cm³/mol. The van der Waals surface area contributed by atoms with Gasteiger partial charge in [-0.15, -0.1) is 0 Å². The summed E-state index contributed by atoms with van der Waals surface area (Å²) in [6.07, 6.45) is 32.4. The lowest BCUT2D eigenvalue weighted by Crippen LogP contribution is -2.22. The monoisotopic (exact) mass is 700 g/mol. The van der Waals surface area contributed by atoms with Crippen molar-refractivity contribution in [2.45, 2.75) is 73.6 Å². The molecule has 0 amide bonds. The van der Waals surface area contributed by atoms with Crippen LogP contribution in [0.25, 0.3) is 17.2 Å². The average Bonchev–Trinajstić information content (AvgIpc) is 3.21. The van der Waals surface area contributed by atoms with Gasteiger partial charge in [0.1, 0.15) is 0 Å². The van der Waals surface area contributed by atoms with E-state index in [-0.39, 0.29) is 0 Å². The van der Waals surface area contributed by atoms with Crippen LogP contribution in [-0.2, 0) is 0 Å². The van der Waals surface area contributed by atoms with E-state index in [1.807, 2.05) is 19.9 Å². The maximum Gasteiger partial charge on any atom is 0.0467 e. The van der Waals surface area contributed by atoms with Crippen LogP contribution in [0.4, 0.5) is 5.69 Å². The second-order valence-corrected chi connectivity index (χ2v) is 13.3. The minimum atomic E-state index is 0.323. The highest BCUT2D eigenvalue weighted by Crippen LogP contribution is 2.35. The van der Waals surface area contributed by atoms with Crippen LogP contribution in [0.5, 0.6) is 0 Å². The van der Waals surface area contributed by atoms with Crippen LogP contribution in [-0.4, -0.2) is 11.9 Å². The highest BCUT2D eigenvalue weighted by Gasteiger charge is 2.20. The molecule has 1 unspecified atom stereocenters. The number of anilines is 1. The highest BCUT2D eigenvalue weighted by molar-refractivity contribution is 5.75. The maximum absolute atomic E-state index is 4.11. The number of likely N-dealkylation sites (N-methyl/N-ethyl adjacent to an activating group) is 1. The fourth-order valence-electron chi connectivity index (χ4n) is 6.87. The molecule has 0 saturated heterocycles. The molecule has 5 rings (SSSR count). The lowest BCUT2D eigenvalue weighted by atomic mass is 9.91. The van der Waals surface area contributed by atoms with Crippen molar-refractivity contribution in [3.63, 3.8) is 0 Å². The molecule has 53 heavy (non-hydrogen) atoms. The zero-order valence-electron chi connectivity index (χ0n) is 33.2. The summed E-state index contributed by atoms with van der Waals surface area (Å²) in [5.74, 6) is 0.323. The van der Waals surface area contributed by atoms with E-state index in [1.165, 1.54) is 56.9 Å². The molecule has 2 nitrogen and oxygen atoms in total. The van der Waals surface area contributed by atoms with Gasteiger partial charge in [-0.05, 0) is 117 Å². The van der Waals surface area contributed by atoms with Crippen molar-refractivity contribution in [3.8, 4) is 11.1 Å². The van der Waals surface area contributed by atoms with Gasteiger partial charge in [0, 0.05) is 41.4 Å². The minimum Gasteiger partial charge on any atom is -0.348 e. The molecule has 0 bridgehead atoms. The first-order valence-corrected chi connectivity index (χ1v) is 19.5. The van der Waals surface area contributed by atoms with Crippen LogP contribution in [0.15, 0.2) is 198 Å². The van der Waals surface area contributed by atoms with E-state index in [0.29, 0.717) is 5.92 Å². The number of hydrogen-bond acceptors (Lipinski definition) is 2. The summed E-state index contributed by atoms with van der Waals surface area (Å²) >= 11 is 0. The lowest BCUT2D eigenvalue weighted by molar-refractivity contribution is 0.501. The van der Waals surface area contributed by atoms with Gasteiger partial charge in [-0.3, -0.25) is 0 Å². The number of benzene rings is 3. The summed E-state index contributed by atoms with van der Waals surface area (Å²) in [5.41, 5.74) is 13.7. The van der Waals surface area contributed by atoms with Crippen LogP contribution in [0.3, 0.4) is 0 Å². The van der Waals surface area contributed by atoms with E-state index >= 15 is 0 Å². The Bertz CT molecular complexity index is 1920. The van der Waals surface area contributed by atoms with Gasteiger partial charge in [0.2, 0.25) is 0 Å². The molecule has 0 saturated carbocycles. The van der Waals surface area contributed by atoms with E-state index in [1.54, 1.807) is 0 Å². The third-order valence-electron chi connectivity index (χ3n) is 9.70. The molecule has 0 fully saturated rings. The van der Waals surface area contributed by atoms with Crippen molar-refractivity contribution in [1.82, 2.24) is 4.90 Å². The fraction of sp³-hybridized carbons (Fsp3) is 0.255. The van der Waals surface area contributed by atoms with Gasteiger partial charge in [0.25, 0.3) is 0 Å². The van der Waals surface area contributed by atoms with Crippen molar-refractivity contribution >= 4 is 11.8 Å². The summed E-state index contributed by atoms with van der Waals surface area (Å²) in [6, 6.07) is 30.1. The van der Waals surface area contributed by atoms with Crippen LogP contribution >= 0.6 is 0 Å². The molecule has 0 spiro atoms. The molecule has 2 aliphatic rings. The Kier molecular flexibility index (Phi) is 16.2. The average molecular weight is 701 g/mol. The number of allylic oxidation sites excluding steroid dienone is 15. The first-order valence-electron chi connectivity index (χ1n) is 19.5. The molecule has 0 radical (unpaired) electrons. The van der Waals surface area contributed by atoms with Gasteiger partial charge < -0.3 is 9.80 Å².